The maximum absolute atomic E-state index is 5.88. The molecule has 106 valence electrons. The second-order valence-electron chi connectivity index (χ2n) is 4.42. The summed E-state index contributed by atoms with van der Waals surface area (Å²) in [5.74, 6) is 2.52. The Morgan fingerprint density at radius 3 is 2.20 bits per heavy atom. The Morgan fingerprint density at radius 1 is 0.900 bits per heavy atom. The summed E-state index contributed by atoms with van der Waals surface area (Å²) in [5.41, 5.74) is 1.06. The minimum Gasteiger partial charge on any atom is -0.495 e. The highest BCUT2D eigenvalue weighted by Crippen LogP contribution is 2.34. The van der Waals surface area contributed by atoms with Crippen molar-refractivity contribution in [1.82, 2.24) is 0 Å². The number of nitrogens with zero attached hydrogens (tertiary/aromatic N) is 1. The third kappa shape index (κ3) is 3.23. The van der Waals surface area contributed by atoms with E-state index in [0.29, 0.717) is 0 Å². The molecule has 0 aliphatic heterocycles. The maximum Gasteiger partial charge on any atom is 0.142 e. The lowest BCUT2D eigenvalue weighted by Gasteiger charge is -2.24. The van der Waals surface area contributed by atoms with Gasteiger partial charge in [-0.15, -0.1) is 0 Å². The van der Waals surface area contributed by atoms with Crippen LogP contribution in [0.4, 0.5) is 5.69 Å². The van der Waals surface area contributed by atoms with Crippen LogP contribution in [-0.4, -0.2) is 20.2 Å². The molecule has 0 aliphatic carbocycles. The van der Waals surface area contributed by atoms with Crippen LogP contribution < -0.4 is 14.4 Å². The zero-order valence-electron chi connectivity index (χ0n) is 12.3. The maximum atomic E-state index is 5.88. The fourth-order valence-electron chi connectivity index (χ4n) is 2.17. The second-order valence-corrected chi connectivity index (χ2v) is 4.42. The first-order valence-corrected chi connectivity index (χ1v) is 6.94. The summed E-state index contributed by atoms with van der Waals surface area (Å²) < 4.78 is 11.3. The molecule has 2 aromatic rings. The molecular formula is C17H21NO2. The molecule has 0 saturated carbocycles. The van der Waals surface area contributed by atoms with Crippen molar-refractivity contribution in [3.8, 4) is 17.2 Å². The van der Waals surface area contributed by atoms with Gasteiger partial charge in [-0.3, -0.25) is 0 Å². The Bertz CT molecular complexity index is 536. The molecule has 0 radical (unpaired) electrons. The fraction of sp³-hybridized carbons (Fsp3) is 0.294. The topological polar surface area (TPSA) is 21.7 Å². The van der Waals surface area contributed by atoms with Crippen LogP contribution in [0.2, 0.25) is 0 Å². The molecule has 0 heterocycles. The summed E-state index contributed by atoms with van der Waals surface area (Å²) in [5, 5.41) is 0. The van der Waals surface area contributed by atoms with Crippen LogP contribution in [0.25, 0.3) is 0 Å². The smallest absolute Gasteiger partial charge is 0.142 e. The van der Waals surface area contributed by atoms with Crippen LogP contribution >= 0.6 is 0 Å². The van der Waals surface area contributed by atoms with E-state index in [0.717, 1.165) is 36.0 Å². The van der Waals surface area contributed by atoms with E-state index in [9.17, 15) is 0 Å². The van der Waals surface area contributed by atoms with Crippen molar-refractivity contribution in [2.45, 2.75) is 13.8 Å². The van der Waals surface area contributed by atoms with Crippen molar-refractivity contribution in [3.05, 3.63) is 48.5 Å². The summed E-state index contributed by atoms with van der Waals surface area (Å²) >= 11 is 0. The van der Waals surface area contributed by atoms with E-state index >= 15 is 0 Å². The summed E-state index contributed by atoms with van der Waals surface area (Å²) in [6.45, 7) is 6.13. The van der Waals surface area contributed by atoms with Crippen LogP contribution in [0.15, 0.2) is 48.5 Å². The molecule has 0 aliphatic rings. The highest BCUT2D eigenvalue weighted by atomic mass is 16.5. The van der Waals surface area contributed by atoms with Gasteiger partial charge in [0, 0.05) is 19.2 Å². The van der Waals surface area contributed by atoms with Gasteiger partial charge in [0.1, 0.15) is 17.2 Å². The number of hydrogen-bond donors (Lipinski definition) is 0. The average molecular weight is 271 g/mol. The van der Waals surface area contributed by atoms with E-state index in [1.54, 1.807) is 7.11 Å². The van der Waals surface area contributed by atoms with Gasteiger partial charge in [-0.25, -0.2) is 0 Å². The number of anilines is 1. The molecule has 3 nitrogen and oxygen atoms in total. The highest BCUT2D eigenvalue weighted by Gasteiger charge is 2.11. The number of para-hydroxylation sites is 1. The van der Waals surface area contributed by atoms with Gasteiger partial charge >= 0.3 is 0 Å². The van der Waals surface area contributed by atoms with Crippen LogP contribution in [-0.2, 0) is 0 Å². The van der Waals surface area contributed by atoms with Crippen LogP contribution in [0.5, 0.6) is 17.2 Å². The molecule has 0 N–H and O–H groups in total. The Balaban J connectivity index is 2.29. The lowest BCUT2D eigenvalue weighted by atomic mass is 10.2. The summed E-state index contributed by atoms with van der Waals surface area (Å²) in [4.78, 5) is 2.25. The third-order valence-corrected chi connectivity index (χ3v) is 3.23. The highest BCUT2D eigenvalue weighted by molar-refractivity contribution is 5.62. The molecule has 20 heavy (non-hydrogen) atoms. The Labute approximate surface area is 120 Å². The van der Waals surface area contributed by atoms with Gasteiger partial charge in [-0.05, 0) is 38.1 Å². The van der Waals surface area contributed by atoms with Gasteiger partial charge in [0.25, 0.3) is 0 Å². The first-order valence-electron chi connectivity index (χ1n) is 6.94. The monoisotopic (exact) mass is 271 g/mol. The van der Waals surface area contributed by atoms with Crippen molar-refractivity contribution in [2.24, 2.45) is 0 Å². The van der Waals surface area contributed by atoms with E-state index in [1.165, 1.54) is 0 Å². The zero-order valence-corrected chi connectivity index (χ0v) is 12.3. The first kappa shape index (κ1) is 14.3. The molecule has 0 saturated heterocycles. The number of ether oxygens (including phenoxy) is 2. The van der Waals surface area contributed by atoms with Crippen LogP contribution in [0, 0.1) is 0 Å². The van der Waals surface area contributed by atoms with E-state index < -0.39 is 0 Å². The molecule has 3 heteroatoms. The van der Waals surface area contributed by atoms with Gasteiger partial charge in [0.2, 0.25) is 0 Å². The Morgan fingerprint density at radius 2 is 1.60 bits per heavy atom. The van der Waals surface area contributed by atoms with E-state index in [-0.39, 0.29) is 0 Å². The summed E-state index contributed by atoms with van der Waals surface area (Å²) in [6.07, 6.45) is 0. The van der Waals surface area contributed by atoms with Crippen molar-refractivity contribution in [3.63, 3.8) is 0 Å². The SMILES string of the molecule is CCN(CC)c1cc(Oc2ccccc2)ccc1OC. The Kier molecular flexibility index (Phi) is 4.88. The number of rotatable bonds is 6. The van der Waals surface area contributed by atoms with Crippen LogP contribution in [0.1, 0.15) is 13.8 Å². The predicted molar refractivity (Wildman–Crippen MR) is 83.1 cm³/mol. The van der Waals surface area contributed by atoms with Gasteiger partial charge < -0.3 is 14.4 Å². The summed E-state index contributed by atoms with van der Waals surface area (Å²) in [7, 11) is 1.69. The minimum absolute atomic E-state index is 0.818. The van der Waals surface area contributed by atoms with Crippen molar-refractivity contribution < 1.29 is 9.47 Å². The van der Waals surface area contributed by atoms with Crippen LogP contribution in [0.3, 0.4) is 0 Å². The van der Waals surface area contributed by atoms with E-state index in [2.05, 4.69) is 18.7 Å². The standard InChI is InChI=1S/C17H21NO2/c1-4-18(5-2)16-13-15(11-12-17(16)19-3)20-14-9-7-6-8-10-14/h6-13H,4-5H2,1-3H3. The normalized spacial score (nSPS) is 10.2. The fourth-order valence-corrected chi connectivity index (χ4v) is 2.17. The molecular weight excluding hydrogens is 250 g/mol. The summed E-state index contributed by atoms with van der Waals surface area (Å²) in [6, 6.07) is 15.7. The predicted octanol–water partition coefficient (Wildman–Crippen LogP) is 4.33. The van der Waals surface area contributed by atoms with E-state index in [1.807, 2.05) is 48.5 Å². The lowest BCUT2D eigenvalue weighted by Crippen LogP contribution is -2.22. The number of hydrogen-bond acceptors (Lipinski definition) is 3. The average Bonchev–Trinajstić information content (AvgIpc) is 2.50. The third-order valence-electron chi connectivity index (χ3n) is 3.23. The molecule has 2 rings (SSSR count). The number of benzene rings is 2. The quantitative estimate of drug-likeness (QED) is 0.780. The van der Waals surface area contributed by atoms with Gasteiger partial charge in [0.05, 0.1) is 12.8 Å². The van der Waals surface area contributed by atoms with Crippen molar-refractivity contribution >= 4 is 5.69 Å². The zero-order chi connectivity index (χ0) is 14.4. The molecule has 2 aromatic carbocycles. The van der Waals surface area contributed by atoms with Gasteiger partial charge in [0.15, 0.2) is 0 Å². The van der Waals surface area contributed by atoms with Gasteiger partial charge in [-0.1, -0.05) is 18.2 Å². The largest absolute Gasteiger partial charge is 0.495 e. The van der Waals surface area contributed by atoms with Crippen molar-refractivity contribution in [2.75, 3.05) is 25.1 Å². The first-order chi connectivity index (χ1) is 9.78. The number of methoxy groups -OCH3 is 1. The second kappa shape index (κ2) is 6.85. The Hall–Kier alpha value is -2.16. The molecule has 0 unspecified atom stereocenters. The molecule has 0 fully saturated rings. The van der Waals surface area contributed by atoms with E-state index in [4.69, 9.17) is 9.47 Å². The molecule has 0 spiro atoms. The van der Waals surface area contributed by atoms with Crippen molar-refractivity contribution in [1.29, 1.82) is 0 Å². The molecule has 0 aromatic heterocycles. The molecule has 0 amide bonds. The minimum atomic E-state index is 0.818. The molecule has 0 bridgehead atoms. The lowest BCUT2D eigenvalue weighted by molar-refractivity contribution is 0.412. The van der Waals surface area contributed by atoms with Gasteiger partial charge in [-0.2, -0.15) is 0 Å². The molecule has 0 atom stereocenters.